The van der Waals surface area contributed by atoms with Crippen molar-refractivity contribution in [1.29, 1.82) is 0 Å². The maximum absolute atomic E-state index is 12.9. The number of methoxy groups -OCH3 is 1. The fourth-order valence-corrected chi connectivity index (χ4v) is 1.81. The van der Waals surface area contributed by atoms with Gasteiger partial charge in [-0.25, -0.2) is 9.18 Å². The first-order chi connectivity index (χ1) is 7.27. The van der Waals surface area contributed by atoms with Crippen LogP contribution in [-0.2, 0) is 15.0 Å². The summed E-state index contributed by atoms with van der Waals surface area (Å²) in [6.45, 7) is 0. The molecule has 1 aromatic carbocycles. The minimum absolute atomic E-state index is 0.323. The Morgan fingerprint density at radius 3 is 2.44 bits per heavy atom. The van der Waals surface area contributed by atoms with Gasteiger partial charge < -0.3 is 4.74 Å². The molecule has 0 amide bonds. The molecule has 4 nitrogen and oxygen atoms in total. The number of halogens is 3. The fourth-order valence-electron chi connectivity index (χ4n) is 1.000. The lowest BCUT2D eigenvalue weighted by atomic mass is 10.2. The van der Waals surface area contributed by atoms with Crippen LogP contribution in [0.1, 0.15) is 10.4 Å². The number of esters is 1. The summed E-state index contributed by atoms with van der Waals surface area (Å²) < 4.78 is 51.2. The van der Waals surface area contributed by atoms with E-state index in [1.807, 2.05) is 0 Å². The third-order valence-corrected chi connectivity index (χ3v) is 2.84. The Hall–Kier alpha value is -1.21. The van der Waals surface area contributed by atoms with Crippen molar-refractivity contribution in [2.24, 2.45) is 0 Å². The number of benzene rings is 1. The summed E-state index contributed by atoms with van der Waals surface area (Å²) in [6, 6.07) is 1.01. The summed E-state index contributed by atoms with van der Waals surface area (Å²) in [4.78, 5) is 10.0. The van der Waals surface area contributed by atoms with Gasteiger partial charge in [-0.3, -0.25) is 0 Å². The van der Waals surface area contributed by atoms with Gasteiger partial charge in [0, 0.05) is 0 Å². The molecule has 0 radical (unpaired) electrons. The van der Waals surface area contributed by atoms with Crippen molar-refractivity contribution >= 4 is 27.8 Å². The monoisotopic (exact) mass is 270 g/mol. The summed E-state index contributed by atoms with van der Waals surface area (Å²) in [6.07, 6.45) is 0. The number of carbonyl (C=O) groups excluding carboxylic acids is 1. The molecule has 0 saturated heterocycles. The number of ether oxygens (including phenoxy) is 1. The number of rotatable bonds is 2. The molecule has 88 valence electrons. The molecule has 0 bridgehead atoms. The van der Waals surface area contributed by atoms with Crippen LogP contribution in [0.2, 0.25) is 5.02 Å². The van der Waals surface area contributed by atoms with Gasteiger partial charge in [0.05, 0.1) is 17.7 Å². The highest BCUT2D eigenvalue weighted by Crippen LogP contribution is 2.25. The normalized spacial score (nSPS) is 11.2. The zero-order chi connectivity index (χ0) is 12.5. The Morgan fingerprint density at radius 1 is 1.44 bits per heavy atom. The standard InChI is InChI=1S/C8H5ClF2O4S/c1-15-8(12)4-2-5(9)6(10)3-7(4)16(11,13)14/h2-3H,1H3. The molecule has 0 fully saturated rings. The summed E-state index contributed by atoms with van der Waals surface area (Å²) in [5.74, 6) is -2.27. The van der Waals surface area contributed by atoms with Crippen molar-refractivity contribution in [1.82, 2.24) is 0 Å². The van der Waals surface area contributed by atoms with Gasteiger partial charge in [-0.05, 0) is 12.1 Å². The van der Waals surface area contributed by atoms with Gasteiger partial charge in [0.2, 0.25) is 0 Å². The zero-order valence-corrected chi connectivity index (χ0v) is 9.40. The lowest BCUT2D eigenvalue weighted by Gasteiger charge is -2.05. The summed E-state index contributed by atoms with van der Waals surface area (Å²) in [7, 11) is -4.26. The Balaban J connectivity index is 3.58. The minimum atomic E-state index is -5.23. The molecule has 0 heterocycles. The quantitative estimate of drug-likeness (QED) is 0.608. The molecule has 0 N–H and O–H groups in total. The lowest BCUT2D eigenvalue weighted by molar-refractivity contribution is 0.0596. The van der Waals surface area contributed by atoms with Crippen molar-refractivity contribution in [3.63, 3.8) is 0 Å². The van der Waals surface area contributed by atoms with E-state index in [-0.39, 0.29) is 0 Å². The van der Waals surface area contributed by atoms with Crippen LogP contribution in [0.25, 0.3) is 0 Å². The van der Waals surface area contributed by atoms with Crippen LogP contribution >= 0.6 is 11.6 Å². The predicted octanol–water partition coefficient (Wildman–Crippen LogP) is 1.92. The second kappa shape index (κ2) is 4.34. The van der Waals surface area contributed by atoms with E-state index in [1.165, 1.54) is 0 Å². The SMILES string of the molecule is COC(=O)c1cc(Cl)c(F)cc1S(=O)(=O)F. The number of carbonyl (C=O) groups is 1. The highest BCUT2D eigenvalue weighted by Gasteiger charge is 2.24. The molecular weight excluding hydrogens is 266 g/mol. The van der Waals surface area contributed by atoms with E-state index in [1.54, 1.807) is 0 Å². The average molecular weight is 271 g/mol. The van der Waals surface area contributed by atoms with E-state index < -0.39 is 37.5 Å². The first-order valence-corrected chi connectivity index (χ1v) is 5.55. The second-order valence-electron chi connectivity index (χ2n) is 2.69. The highest BCUT2D eigenvalue weighted by molar-refractivity contribution is 7.86. The predicted molar refractivity (Wildman–Crippen MR) is 51.0 cm³/mol. The maximum Gasteiger partial charge on any atom is 0.339 e. The molecule has 16 heavy (non-hydrogen) atoms. The van der Waals surface area contributed by atoms with Crippen molar-refractivity contribution in [2.75, 3.05) is 7.11 Å². The van der Waals surface area contributed by atoms with Crippen LogP contribution in [0.5, 0.6) is 0 Å². The van der Waals surface area contributed by atoms with Crippen molar-refractivity contribution in [3.8, 4) is 0 Å². The maximum atomic E-state index is 12.9. The van der Waals surface area contributed by atoms with Gasteiger partial charge in [-0.15, -0.1) is 3.89 Å². The molecule has 0 atom stereocenters. The molecule has 8 heteroatoms. The second-order valence-corrected chi connectivity index (χ2v) is 4.41. The van der Waals surface area contributed by atoms with Crippen molar-refractivity contribution < 1.29 is 26.2 Å². The summed E-state index contributed by atoms with van der Waals surface area (Å²) in [5.41, 5.74) is -0.656. The Kier molecular flexibility index (Phi) is 3.49. The highest BCUT2D eigenvalue weighted by atomic mass is 35.5. The lowest BCUT2D eigenvalue weighted by Crippen LogP contribution is -2.08. The van der Waals surface area contributed by atoms with Gasteiger partial charge >= 0.3 is 16.2 Å². The molecule has 1 aromatic rings. The summed E-state index contributed by atoms with van der Waals surface area (Å²) in [5, 5.41) is -0.507. The van der Waals surface area contributed by atoms with E-state index in [2.05, 4.69) is 4.74 Å². The molecule has 0 spiro atoms. The molecule has 0 unspecified atom stereocenters. The van der Waals surface area contributed by atoms with Crippen LogP contribution < -0.4 is 0 Å². The van der Waals surface area contributed by atoms with Crippen LogP contribution in [0, 0.1) is 5.82 Å². The van der Waals surface area contributed by atoms with Crippen LogP contribution in [0.4, 0.5) is 8.28 Å². The molecule has 0 saturated carbocycles. The fraction of sp³-hybridized carbons (Fsp3) is 0.125. The Morgan fingerprint density at radius 2 is 2.00 bits per heavy atom. The molecule has 0 aliphatic heterocycles. The molecule has 0 aromatic heterocycles. The van der Waals surface area contributed by atoms with E-state index in [0.29, 0.717) is 12.1 Å². The third kappa shape index (κ3) is 2.48. The largest absolute Gasteiger partial charge is 0.465 e. The van der Waals surface area contributed by atoms with Gasteiger partial charge in [-0.1, -0.05) is 11.6 Å². The molecule has 1 rings (SSSR count). The van der Waals surface area contributed by atoms with E-state index in [0.717, 1.165) is 7.11 Å². The molecular formula is C8H5ClF2O4S. The van der Waals surface area contributed by atoms with Gasteiger partial charge in [-0.2, -0.15) is 8.42 Å². The molecule has 0 aliphatic carbocycles. The number of hydrogen-bond donors (Lipinski definition) is 0. The topological polar surface area (TPSA) is 60.4 Å². The Bertz CT molecular complexity index is 541. The average Bonchev–Trinajstić information content (AvgIpc) is 2.18. The van der Waals surface area contributed by atoms with E-state index in [4.69, 9.17) is 11.6 Å². The van der Waals surface area contributed by atoms with Crippen molar-refractivity contribution in [2.45, 2.75) is 4.90 Å². The zero-order valence-electron chi connectivity index (χ0n) is 7.83. The first kappa shape index (κ1) is 12.9. The van der Waals surface area contributed by atoms with E-state index in [9.17, 15) is 21.5 Å². The first-order valence-electron chi connectivity index (χ1n) is 3.79. The van der Waals surface area contributed by atoms with Crippen LogP contribution in [-0.4, -0.2) is 21.5 Å². The van der Waals surface area contributed by atoms with Gasteiger partial charge in [0.25, 0.3) is 0 Å². The minimum Gasteiger partial charge on any atom is -0.465 e. The van der Waals surface area contributed by atoms with E-state index >= 15 is 0 Å². The van der Waals surface area contributed by atoms with Gasteiger partial charge in [0.15, 0.2) is 0 Å². The van der Waals surface area contributed by atoms with Crippen LogP contribution in [0.15, 0.2) is 17.0 Å². The van der Waals surface area contributed by atoms with Gasteiger partial charge in [0.1, 0.15) is 10.7 Å². The number of hydrogen-bond acceptors (Lipinski definition) is 4. The smallest absolute Gasteiger partial charge is 0.339 e. The third-order valence-electron chi connectivity index (χ3n) is 1.69. The summed E-state index contributed by atoms with van der Waals surface area (Å²) >= 11 is 5.34. The molecule has 0 aliphatic rings. The van der Waals surface area contributed by atoms with Crippen molar-refractivity contribution in [3.05, 3.63) is 28.5 Å². The Labute approximate surface area is 95.0 Å². The van der Waals surface area contributed by atoms with Crippen LogP contribution in [0.3, 0.4) is 0 Å².